The molecular formula is C30H26N6O3. The number of ketones is 1. The Morgan fingerprint density at radius 1 is 1.05 bits per heavy atom. The van der Waals surface area contributed by atoms with Crippen molar-refractivity contribution in [2.75, 3.05) is 13.7 Å². The van der Waals surface area contributed by atoms with Gasteiger partial charge in [-0.05, 0) is 61.9 Å². The van der Waals surface area contributed by atoms with Crippen LogP contribution in [0.25, 0.3) is 39.3 Å². The summed E-state index contributed by atoms with van der Waals surface area (Å²) in [5.41, 5.74) is 5.61. The molecule has 0 unspecified atom stereocenters. The summed E-state index contributed by atoms with van der Waals surface area (Å²) < 4.78 is 18.2. The Morgan fingerprint density at radius 3 is 2.82 bits per heavy atom. The van der Waals surface area contributed by atoms with Crippen LogP contribution >= 0.6 is 0 Å². The fourth-order valence-corrected chi connectivity index (χ4v) is 5.35. The molecule has 6 aromatic rings. The molecule has 0 amide bonds. The van der Waals surface area contributed by atoms with Crippen LogP contribution in [0.5, 0.6) is 11.5 Å². The second kappa shape index (κ2) is 9.13. The number of aryl methyl sites for hydroxylation is 1. The van der Waals surface area contributed by atoms with Gasteiger partial charge in [-0.1, -0.05) is 12.1 Å². The lowest BCUT2D eigenvalue weighted by Gasteiger charge is -2.15. The van der Waals surface area contributed by atoms with Gasteiger partial charge in [0.2, 0.25) is 0 Å². The van der Waals surface area contributed by atoms with Gasteiger partial charge >= 0.3 is 0 Å². The molecule has 39 heavy (non-hydrogen) atoms. The van der Waals surface area contributed by atoms with E-state index in [0.29, 0.717) is 36.5 Å². The van der Waals surface area contributed by atoms with Crippen LogP contribution in [0, 0.1) is 0 Å². The molecule has 1 aliphatic heterocycles. The summed E-state index contributed by atoms with van der Waals surface area (Å²) >= 11 is 0. The highest BCUT2D eigenvalue weighted by molar-refractivity contribution is 6.00. The lowest BCUT2D eigenvalue weighted by molar-refractivity contribution is 0.101. The van der Waals surface area contributed by atoms with E-state index >= 15 is 0 Å². The average Bonchev–Trinajstić information content (AvgIpc) is 3.66. The number of hydrogen-bond donors (Lipinski definition) is 0. The van der Waals surface area contributed by atoms with E-state index in [9.17, 15) is 4.79 Å². The second-order valence-corrected chi connectivity index (χ2v) is 9.64. The van der Waals surface area contributed by atoms with E-state index in [2.05, 4.69) is 21.3 Å². The number of aromatic nitrogens is 6. The Bertz CT molecular complexity index is 1880. The molecule has 0 atom stereocenters. The molecule has 0 fully saturated rings. The first kappa shape index (κ1) is 23.2. The zero-order chi connectivity index (χ0) is 26.5. The van der Waals surface area contributed by atoms with Gasteiger partial charge in [0.25, 0.3) is 0 Å². The molecule has 0 radical (unpaired) electrons. The molecule has 5 heterocycles. The maximum Gasteiger partial charge on any atom is 0.160 e. The average molecular weight is 519 g/mol. The number of carbonyl (C=O) groups excluding carboxylic acids is 1. The molecule has 0 saturated carbocycles. The molecule has 0 aliphatic carbocycles. The van der Waals surface area contributed by atoms with Gasteiger partial charge in [0.05, 0.1) is 37.2 Å². The van der Waals surface area contributed by atoms with Gasteiger partial charge in [-0.2, -0.15) is 5.10 Å². The van der Waals surface area contributed by atoms with E-state index < -0.39 is 0 Å². The first-order valence-corrected chi connectivity index (χ1v) is 12.9. The highest BCUT2D eigenvalue weighted by Crippen LogP contribution is 2.36. The number of Topliss-reactive ketones (excluding diaryl/α,β-unsaturated/α-hetero) is 1. The number of para-hydroxylation sites is 2. The number of rotatable bonds is 2. The fourth-order valence-electron chi connectivity index (χ4n) is 5.35. The van der Waals surface area contributed by atoms with Crippen molar-refractivity contribution < 1.29 is 14.3 Å². The quantitative estimate of drug-likeness (QED) is 0.290. The Labute approximate surface area is 224 Å². The van der Waals surface area contributed by atoms with E-state index in [1.165, 1.54) is 0 Å². The van der Waals surface area contributed by atoms with Crippen molar-refractivity contribution in [1.82, 2.24) is 28.9 Å². The minimum atomic E-state index is -0.0413. The van der Waals surface area contributed by atoms with E-state index in [0.717, 1.165) is 51.6 Å². The number of methoxy groups -OCH3 is 1. The van der Waals surface area contributed by atoms with Gasteiger partial charge < -0.3 is 18.6 Å². The number of benzene rings is 2. The van der Waals surface area contributed by atoms with E-state index in [1.54, 1.807) is 20.1 Å². The normalized spacial score (nSPS) is 13.3. The van der Waals surface area contributed by atoms with E-state index in [-0.39, 0.29) is 5.78 Å². The molecule has 2 aromatic carbocycles. The predicted molar refractivity (Wildman–Crippen MR) is 148 cm³/mol. The smallest absolute Gasteiger partial charge is 0.160 e. The fraction of sp³-hybridized carbons (Fsp3) is 0.200. The molecule has 4 aromatic heterocycles. The topological polar surface area (TPSA) is 89.0 Å². The standard InChI is InChI=1S/C30H26N6O3/c1-19(37)21-15-23-28(27(17-21)38-2)35-18-22-10-13-36(33-22)24-8-3-4-9-26(24)39-14-6-12-34-25(30(35)32-23)16-20-7-5-11-31-29(20)34/h3-5,7-11,13,15-17H,6,12,14,18H2,1-2H3. The summed E-state index contributed by atoms with van der Waals surface area (Å²) in [6.45, 7) is 3.23. The Kier molecular flexibility index (Phi) is 5.43. The lowest BCUT2D eigenvalue weighted by atomic mass is 10.1. The number of fused-ring (bicyclic) bond motifs is 11. The van der Waals surface area contributed by atoms with Gasteiger partial charge in [-0.3, -0.25) is 4.79 Å². The highest BCUT2D eigenvalue weighted by Gasteiger charge is 2.23. The first-order chi connectivity index (χ1) is 19.1. The monoisotopic (exact) mass is 518 g/mol. The number of pyridine rings is 1. The van der Waals surface area contributed by atoms with Crippen LogP contribution in [0.15, 0.2) is 73.1 Å². The van der Waals surface area contributed by atoms with E-state index in [1.807, 2.05) is 59.5 Å². The molecular weight excluding hydrogens is 492 g/mol. The van der Waals surface area contributed by atoms with Crippen molar-refractivity contribution in [1.29, 1.82) is 0 Å². The zero-order valence-electron chi connectivity index (χ0n) is 21.7. The summed E-state index contributed by atoms with van der Waals surface area (Å²) in [6, 6.07) is 19.7. The van der Waals surface area contributed by atoms with Crippen LogP contribution in [-0.4, -0.2) is 48.4 Å². The number of hydrogen-bond acceptors (Lipinski definition) is 6. The summed E-state index contributed by atoms with van der Waals surface area (Å²) in [7, 11) is 1.62. The minimum Gasteiger partial charge on any atom is -0.494 e. The minimum absolute atomic E-state index is 0.0413. The van der Waals surface area contributed by atoms with E-state index in [4.69, 9.17) is 24.5 Å². The molecule has 2 bridgehead atoms. The van der Waals surface area contributed by atoms with Crippen LogP contribution < -0.4 is 9.47 Å². The van der Waals surface area contributed by atoms with Crippen LogP contribution in [0.2, 0.25) is 0 Å². The van der Waals surface area contributed by atoms with Gasteiger partial charge in [-0.25, -0.2) is 14.6 Å². The Hall–Kier alpha value is -4.92. The molecule has 0 N–H and O–H groups in total. The maximum atomic E-state index is 12.3. The van der Waals surface area contributed by atoms with Gasteiger partial charge in [0.15, 0.2) is 11.6 Å². The first-order valence-electron chi connectivity index (χ1n) is 12.9. The third kappa shape index (κ3) is 3.85. The summed E-state index contributed by atoms with van der Waals surface area (Å²) in [5, 5.41) is 5.93. The Morgan fingerprint density at radius 2 is 1.95 bits per heavy atom. The van der Waals surface area contributed by atoms with Gasteiger partial charge in [0, 0.05) is 29.9 Å². The van der Waals surface area contributed by atoms with Crippen molar-refractivity contribution in [3.63, 3.8) is 0 Å². The zero-order valence-corrected chi connectivity index (χ0v) is 21.7. The lowest BCUT2D eigenvalue weighted by Crippen LogP contribution is -2.11. The van der Waals surface area contributed by atoms with Gasteiger partial charge in [0.1, 0.15) is 28.4 Å². The molecule has 194 valence electrons. The third-order valence-electron chi connectivity index (χ3n) is 7.18. The summed E-state index contributed by atoms with van der Waals surface area (Å²) in [4.78, 5) is 22.1. The van der Waals surface area contributed by atoms with Crippen LogP contribution in [0.3, 0.4) is 0 Å². The van der Waals surface area contributed by atoms with Crippen molar-refractivity contribution in [3.8, 4) is 28.7 Å². The van der Waals surface area contributed by atoms with Crippen molar-refractivity contribution in [2.45, 2.75) is 26.4 Å². The molecule has 9 heteroatoms. The highest BCUT2D eigenvalue weighted by atomic mass is 16.5. The number of nitrogens with zero attached hydrogens (tertiary/aromatic N) is 6. The molecule has 1 aliphatic rings. The second-order valence-electron chi connectivity index (χ2n) is 9.64. The maximum absolute atomic E-state index is 12.3. The number of imidazole rings is 1. The van der Waals surface area contributed by atoms with Crippen LogP contribution in [-0.2, 0) is 13.1 Å². The summed E-state index contributed by atoms with van der Waals surface area (Å²) in [6.07, 6.45) is 4.53. The SMILES string of the molecule is COc1cc(C(C)=O)cc2nc3n(c12)Cc1ccn(n1)-c1ccccc1OCCCn1c-3cc2cccnc21. The van der Waals surface area contributed by atoms with Crippen LogP contribution in [0.4, 0.5) is 0 Å². The van der Waals surface area contributed by atoms with Gasteiger partial charge in [-0.15, -0.1) is 0 Å². The number of carbonyl (C=O) groups is 1. The Balaban J connectivity index is 1.51. The summed E-state index contributed by atoms with van der Waals surface area (Å²) in [5.74, 6) is 2.10. The van der Waals surface area contributed by atoms with Crippen molar-refractivity contribution in [3.05, 3.63) is 84.3 Å². The number of ether oxygens (including phenoxy) is 2. The molecule has 0 spiro atoms. The van der Waals surface area contributed by atoms with Crippen LogP contribution in [0.1, 0.15) is 29.4 Å². The molecule has 0 saturated heterocycles. The molecule has 7 rings (SSSR count). The molecule has 9 nitrogen and oxygen atoms in total. The predicted octanol–water partition coefficient (Wildman–Crippen LogP) is 5.28. The largest absolute Gasteiger partial charge is 0.494 e. The van der Waals surface area contributed by atoms with Crippen molar-refractivity contribution >= 4 is 27.9 Å². The van der Waals surface area contributed by atoms with Crippen molar-refractivity contribution in [2.24, 2.45) is 0 Å². The third-order valence-corrected chi connectivity index (χ3v) is 7.18.